The summed E-state index contributed by atoms with van der Waals surface area (Å²) in [4.78, 5) is 0. The Balaban J connectivity index is 0.00000289. The highest BCUT2D eigenvalue weighted by Crippen LogP contribution is 2.58. The van der Waals surface area contributed by atoms with E-state index in [2.05, 4.69) is 0 Å². The largest absolute Gasteiger partial charge is 1.00 e. The first kappa shape index (κ1) is 24.2. The van der Waals surface area contributed by atoms with Gasteiger partial charge in [-0.1, -0.05) is 60.7 Å². The van der Waals surface area contributed by atoms with Crippen LogP contribution in [0, 0.1) is 5.82 Å². The average Bonchev–Trinajstić information content (AvgIpc) is 2.79. The van der Waals surface area contributed by atoms with Crippen LogP contribution in [-0.2, 0) is 12.3 Å². The van der Waals surface area contributed by atoms with Crippen LogP contribution >= 0.6 is 7.26 Å². The minimum Gasteiger partial charge on any atom is -1.00 e. The zero-order valence-corrected chi connectivity index (χ0v) is 19.4. The molecule has 4 aromatic rings. The quantitative estimate of drug-likeness (QED) is 0.281. The van der Waals surface area contributed by atoms with E-state index in [0.29, 0.717) is 11.7 Å². The molecule has 4 aromatic carbocycles. The first-order valence-electron chi connectivity index (χ1n) is 9.82. The lowest BCUT2D eigenvalue weighted by Crippen LogP contribution is -3.00. The van der Waals surface area contributed by atoms with E-state index in [1.54, 1.807) is 0 Å². The molecule has 0 aromatic heterocycles. The third kappa shape index (κ3) is 4.79. The minimum atomic E-state index is -4.74. The van der Waals surface area contributed by atoms with Crippen molar-refractivity contribution in [2.24, 2.45) is 0 Å². The zero-order valence-electron chi connectivity index (χ0n) is 16.9. The first-order chi connectivity index (χ1) is 14.9. The van der Waals surface area contributed by atoms with Gasteiger partial charge in [-0.05, 0) is 54.1 Å². The molecule has 0 saturated carbocycles. The maximum atomic E-state index is 14.0. The molecule has 0 fully saturated rings. The Labute approximate surface area is 196 Å². The van der Waals surface area contributed by atoms with Gasteiger partial charge in [0.1, 0.15) is 29.0 Å². The van der Waals surface area contributed by atoms with Crippen molar-refractivity contribution in [2.45, 2.75) is 12.3 Å². The highest BCUT2D eigenvalue weighted by atomic mass is 79.9. The van der Waals surface area contributed by atoms with Crippen molar-refractivity contribution >= 4 is 23.2 Å². The summed E-state index contributed by atoms with van der Waals surface area (Å²) < 4.78 is 54.2. The predicted molar refractivity (Wildman–Crippen MR) is 120 cm³/mol. The molecule has 0 bridgehead atoms. The summed E-state index contributed by atoms with van der Waals surface area (Å²) in [6, 6.07) is 33.0. The summed E-state index contributed by atoms with van der Waals surface area (Å²) in [5, 5.41) is 3.18. The van der Waals surface area contributed by atoms with Crippen molar-refractivity contribution in [3.8, 4) is 0 Å². The van der Waals surface area contributed by atoms with Gasteiger partial charge in [0.2, 0.25) is 0 Å². The molecule has 0 aliphatic rings. The highest BCUT2D eigenvalue weighted by Gasteiger charge is 2.46. The van der Waals surface area contributed by atoms with Crippen LogP contribution in [0.1, 0.15) is 11.1 Å². The van der Waals surface area contributed by atoms with E-state index in [9.17, 15) is 17.6 Å². The van der Waals surface area contributed by atoms with Gasteiger partial charge in [0, 0.05) is 0 Å². The molecule has 0 amide bonds. The molecule has 0 saturated heterocycles. The standard InChI is InChI=1S/C26H20F4P.BrH/c27-25-17-16-20(18-24(25)26(28,29)30)19-31(21-10-4-1-5-11-21,22-12-6-2-7-13-22)23-14-8-3-9-15-23;/h1-18H,19H2;1H/q+1;/p-1. The minimum absolute atomic E-state index is 0. The lowest BCUT2D eigenvalue weighted by atomic mass is 10.1. The van der Waals surface area contributed by atoms with Gasteiger partial charge in [0.25, 0.3) is 0 Å². The van der Waals surface area contributed by atoms with Gasteiger partial charge in [-0.25, -0.2) is 4.39 Å². The lowest BCUT2D eigenvalue weighted by molar-refractivity contribution is -0.140. The Morgan fingerprint density at radius 3 is 1.38 bits per heavy atom. The normalized spacial score (nSPS) is 11.6. The average molecular weight is 519 g/mol. The van der Waals surface area contributed by atoms with Crippen molar-refractivity contribution in [2.75, 3.05) is 0 Å². The second-order valence-corrected chi connectivity index (χ2v) is 10.8. The van der Waals surface area contributed by atoms with Crippen LogP contribution in [0.5, 0.6) is 0 Å². The van der Waals surface area contributed by atoms with Crippen LogP contribution in [-0.4, -0.2) is 0 Å². The summed E-state index contributed by atoms with van der Waals surface area (Å²) in [7, 11) is -2.35. The second-order valence-electron chi connectivity index (χ2n) is 7.29. The fraction of sp³-hybridized carbons (Fsp3) is 0.0769. The van der Waals surface area contributed by atoms with Crippen molar-refractivity contribution in [3.63, 3.8) is 0 Å². The molecule has 0 heterocycles. The molecular weight excluding hydrogens is 499 g/mol. The third-order valence-electron chi connectivity index (χ3n) is 5.35. The zero-order chi connectivity index (χ0) is 21.9. The summed E-state index contributed by atoms with van der Waals surface area (Å²) in [5.74, 6) is -1.25. The van der Waals surface area contributed by atoms with Gasteiger partial charge in [0.05, 0.1) is 11.7 Å². The van der Waals surface area contributed by atoms with Gasteiger partial charge < -0.3 is 17.0 Å². The SMILES string of the molecule is Fc1ccc(C[P+](c2ccccc2)(c2ccccc2)c2ccccc2)cc1C(F)(F)F.[Br-]. The van der Waals surface area contributed by atoms with E-state index >= 15 is 0 Å². The van der Waals surface area contributed by atoms with Crippen molar-refractivity contribution < 1.29 is 34.5 Å². The van der Waals surface area contributed by atoms with E-state index < -0.39 is 24.8 Å². The molecular formula is C26H20BrF4P. The Bertz CT molecular complexity index is 1050. The summed E-state index contributed by atoms with van der Waals surface area (Å²) in [6.45, 7) is 0. The van der Waals surface area contributed by atoms with Crippen LogP contribution in [0.2, 0.25) is 0 Å². The maximum Gasteiger partial charge on any atom is 0.419 e. The Hall–Kier alpha value is -2.49. The summed E-state index contributed by atoms with van der Waals surface area (Å²) in [6.07, 6.45) is -4.39. The number of benzene rings is 4. The Morgan fingerprint density at radius 1 is 0.594 bits per heavy atom. The molecule has 0 aliphatic heterocycles. The van der Waals surface area contributed by atoms with Crippen LogP contribution in [0.3, 0.4) is 0 Å². The molecule has 164 valence electrons. The number of rotatable bonds is 5. The monoisotopic (exact) mass is 518 g/mol. The number of halogens is 5. The van der Waals surface area contributed by atoms with E-state index in [0.717, 1.165) is 28.0 Å². The van der Waals surface area contributed by atoms with Gasteiger partial charge in [-0.2, -0.15) is 13.2 Å². The summed E-state index contributed by atoms with van der Waals surface area (Å²) >= 11 is 0. The van der Waals surface area contributed by atoms with E-state index in [4.69, 9.17) is 0 Å². The van der Waals surface area contributed by atoms with E-state index in [-0.39, 0.29) is 17.0 Å². The molecule has 32 heavy (non-hydrogen) atoms. The fourth-order valence-electron chi connectivity index (χ4n) is 3.93. The fourth-order valence-corrected chi connectivity index (χ4v) is 8.16. The Morgan fingerprint density at radius 2 is 1.00 bits per heavy atom. The van der Waals surface area contributed by atoms with Crippen molar-refractivity contribution in [1.82, 2.24) is 0 Å². The number of hydrogen-bond donors (Lipinski definition) is 0. The van der Waals surface area contributed by atoms with Crippen molar-refractivity contribution in [1.29, 1.82) is 0 Å². The molecule has 0 atom stereocenters. The molecule has 0 aliphatic carbocycles. The van der Waals surface area contributed by atoms with Crippen LogP contribution in [0.15, 0.2) is 109 Å². The molecule has 6 heteroatoms. The smallest absolute Gasteiger partial charge is 0.419 e. The Kier molecular flexibility index (Phi) is 7.53. The van der Waals surface area contributed by atoms with Crippen LogP contribution in [0.25, 0.3) is 0 Å². The highest BCUT2D eigenvalue weighted by molar-refractivity contribution is 7.95. The topological polar surface area (TPSA) is 0 Å². The van der Waals surface area contributed by atoms with Gasteiger partial charge >= 0.3 is 6.18 Å². The predicted octanol–water partition coefficient (Wildman–Crippen LogP) is 3.34. The molecule has 0 spiro atoms. The van der Waals surface area contributed by atoms with E-state index in [1.165, 1.54) is 6.07 Å². The molecule has 0 radical (unpaired) electrons. The van der Waals surface area contributed by atoms with Crippen molar-refractivity contribution in [3.05, 3.63) is 126 Å². The molecule has 4 rings (SSSR count). The van der Waals surface area contributed by atoms with E-state index in [1.807, 2.05) is 91.0 Å². The lowest BCUT2D eigenvalue weighted by Gasteiger charge is -2.28. The second kappa shape index (κ2) is 9.97. The molecule has 0 nitrogen and oxygen atoms in total. The summed E-state index contributed by atoms with van der Waals surface area (Å²) in [5.41, 5.74) is -0.768. The maximum absolute atomic E-state index is 14.0. The number of alkyl halides is 3. The molecule has 0 unspecified atom stereocenters. The van der Waals surface area contributed by atoms with Crippen LogP contribution in [0.4, 0.5) is 17.6 Å². The number of hydrogen-bond acceptors (Lipinski definition) is 0. The first-order valence-corrected chi connectivity index (χ1v) is 11.8. The third-order valence-corrected chi connectivity index (χ3v) is 9.73. The van der Waals surface area contributed by atoms with Gasteiger partial charge in [-0.3, -0.25) is 0 Å². The molecule has 0 N–H and O–H groups in total. The van der Waals surface area contributed by atoms with Gasteiger partial charge in [-0.15, -0.1) is 0 Å². The van der Waals surface area contributed by atoms with Crippen LogP contribution < -0.4 is 32.9 Å². The van der Waals surface area contributed by atoms with Gasteiger partial charge in [0.15, 0.2) is 0 Å².